The van der Waals surface area contributed by atoms with E-state index in [1.807, 2.05) is 13.8 Å². The van der Waals surface area contributed by atoms with E-state index in [1.165, 1.54) is 0 Å². The zero-order valence-corrected chi connectivity index (χ0v) is 11.9. The van der Waals surface area contributed by atoms with Crippen molar-refractivity contribution in [2.24, 2.45) is 5.92 Å². The monoisotopic (exact) mass is 283 g/mol. The third kappa shape index (κ3) is 2.70. The van der Waals surface area contributed by atoms with Gasteiger partial charge in [-0.05, 0) is 12.8 Å². The second-order valence-corrected chi connectivity index (χ2v) is 5.90. The fourth-order valence-corrected chi connectivity index (χ4v) is 2.87. The van der Waals surface area contributed by atoms with Crippen molar-refractivity contribution in [2.75, 3.05) is 0 Å². The molecular weight excluding hydrogens is 266 g/mol. The van der Waals surface area contributed by atoms with Gasteiger partial charge in [0.05, 0.1) is 6.54 Å². The number of hydrogen-bond acceptors (Lipinski definition) is 4. The Hall–Kier alpha value is -1.63. The van der Waals surface area contributed by atoms with Gasteiger partial charge in [-0.1, -0.05) is 25.2 Å². The predicted octanol–water partition coefficient (Wildman–Crippen LogP) is 0.308. The lowest BCUT2D eigenvalue weighted by atomic mass is 9.97. The topological polar surface area (TPSA) is 82.3 Å². The minimum Gasteiger partial charge on any atom is -0.343 e. The minimum absolute atomic E-state index is 0.0156. The average molecular weight is 283 g/mol. The summed E-state index contributed by atoms with van der Waals surface area (Å²) in [6.45, 7) is 5.73. The molecule has 1 fully saturated rings. The molecule has 104 valence electrons. The lowest BCUT2D eigenvalue weighted by Gasteiger charge is -2.39. The van der Waals surface area contributed by atoms with Crippen LogP contribution in [0.5, 0.6) is 0 Å². The highest BCUT2D eigenvalue weighted by Crippen LogP contribution is 2.19. The molecule has 2 rings (SSSR count). The number of aromatic nitrogens is 1. The Morgan fingerprint density at radius 1 is 1.37 bits per heavy atom. The maximum Gasteiger partial charge on any atom is 0.304 e. The third-order valence-electron chi connectivity index (χ3n) is 3.16. The van der Waals surface area contributed by atoms with Crippen LogP contribution in [0.1, 0.15) is 26.5 Å². The van der Waals surface area contributed by atoms with Crippen LogP contribution in [0, 0.1) is 5.92 Å². The SMILES string of the molecule is CC1NC(=O)C(C(C)C)N(Cc2csc(=O)[nH]2)C1=O. The maximum atomic E-state index is 12.2. The highest BCUT2D eigenvalue weighted by atomic mass is 32.1. The third-order valence-corrected chi connectivity index (χ3v) is 3.88. The number of hydrogen-bond donors (Lipinski definition) is 2. The molecule has 0 radical (unpaired) electrons. The van der Waals surface area contributed by atoms with E-state index in [9.17, 15) is 14.4 Å². The van der Waals surface area contributed by atoms with E-state index in [-0.39, 0.29) is 29.1 Å². The van der Waals surface area contributed by atoms with Crippen LogP contribution in [0.25, 0.3) is 0 Å². The lowest BCUT2D eigenvalue weighted by Crippen LogP contribution is -2.63. The van der Waals surface area contributed by atoms with Gasteiger partial charge < -0.3 is 15.2 Å². The molecule has 2 unspecified atom stereocenters. The zero-order chi connectivity index (χ0) is 14.2. The molecule has 1 aliphatic rings. The number of H-pyrrole nitrogens is 1. The van der Waals surface area contributed by atoms with E-state index < -0.39 is 12.1 Å². The Morgan fingerprint density at radius 3 is 2.58 bits per heavy atom. The normalized spacial score (nSPS) is 23.9. The summed E-state index contributed by atoms with van der Waals surface area (Å²) < 4.78 is 0. The Balaban J connectivity index is 2.28. The first-order valence-electron chi connectivity index (χ1n) is 6.17. The van der Waals surface area contributed by atoms with Gasteiger partial charge in [0, 0.05) is 11.1 Å². The van der Waals surface area contributed by atoms with E-state index in [0.29, 0.717) is 5.69 Å². The van der Waals surface area contributed by atoms with Gasteiger partial charge >= 0.3 is 4.87 Å². The van der Waals surface area contributed by atoms with Gasteiger partial charge in [0.2, 0.25) is 11.8 Å². The fourth-order valence-electron chi connectivity index (χ4n) is 2.30. The van der Waals surface area contributed by atoms with E-state index in [0.717, 1.165) is 11.3 Å². The van der Waals surface area contributed by atoms with Crippen molar-refractivity contribution in [3.8, 4) is 0 Å². The molecule has 0 aliphatic carbocycles. The minimum atomic E-state index is -0.521. The molecular formula is C12H17N3O3S. The molecule has 1 aliphatic heterocycles. The molecule has 2 atom stereocenters. The van der Waals surface area contributed by atoms with Crippen LogP contribution in [0.15, 0.2) is 10.2 Å². The standard InChI is InChI=1S/C12H17N3O3S/c1-6(2)9-10(16)13-7(3)11(17)15(9)4-8-5-19-12(18)14-8/h5-7,9H,4H2,1-3H3,(H,13,16)(H,14,18). The largest absolute Gasteiger partial charge is 0.343 e. The van der Waals surface area contributed by atoms with Gasteiger partial charge in [-0.3, -0.25) is 14.4 Å². The number of nitrogens with zero attached hydrogens (tertiary/aromatic N) is 1. The summed E-state index contributed by atoms with van der Waals surface area (Å²) in [5, 5.41) is 4.37. The smallest absolute Gasteiger partial charge is 0.304 e. The molecule has 0 spiro atoms. The van der Waals surface area contributed by atoms with Crippen molar-refractivity contribution in [3.05, 3.63) is 20.7 Å². The van der Waals surface area contributed by atoms with Crippen LogP contribution in [0.3, 0.4) is 0 Å². The van der Waals surface area contributed by atoms with Gasteiger partial charge in [0.15, 0.2) is 0 Å². The second kappa shape index (κ2) is 5.16. The molecule has 2 heterocycles. The first-order valence-corrected chi connectivity index (χ1v) is 7.05. The second-order valence-electron chi connectivity index (χ2n) is 5.06. The number of carbonyl (C=O) groups excluding carboxylic acids is 2. The van der Waals surface area contributed by atoms with Crippen LogP contribution in [-0.4, -0.2) is 33.8 Å². The predicted molar refractivity (Wildman–Crippen MR) is 71.7 cm³/mol. The number of piperazine rings is 1. The molecule has 1 saturated heterocycles. The first-order chi connectivity index (χ1) is 8.90. The van der Waals surface area contributed by atoms with Crippen molar-refractivity contribution in [2.45, 2.75) is 39.4 Å². The Morgan fingerprint density at radius 2 is 2.05 bits per heavy atom. The van der Waals surface area contributed by atoms with Crippen molar-refractivity contribution in [3.63, 3.8) is 0 Å². The van der Waals surface area contributed by atoms with Crippen LogP contribution in [-0.2, 0) is 16.1 Å². The number of thiazole rings is 1. The fraction of sp³-hybridized carbons (Fsp3) is 0.583. The number of carbonyl (C=O) groups is 2. The summed E-state index contributed by atoms with van der Waals surface area (Å²) in [5.41, 5.74) is 0.663. The van der Waals surface area contributed by atoms with Gasteiger partial charge in [-0.15, -0.1) is 0 Å². The molecule has 1 aromatic heterocycles. The summed E-state index contributed by atoms with van der Waals surface area (Å²) in [5.74, 6) is -0.244. The van der Waals surface area contributed by atoms with Gasteiger partial charge in [0.25, 0.3) is 0 Å². The van der Waals surface area contributed by atoms with Crippen LogP contribution in [0.2, 0.25) is 0 Å². The van der Waals surface area contributed by atoms with Gasteiger partial charge in [-0.2, -0.15) is 0 Å². The first kappa shape index (κ1) is 13.8. The molecule has 2 N–H and O–H groups in total. The molecule has 6 nitrogen and oxygen atoms in total. The Kier molecular flexibility index (Phi) is 3.75. The van der Waals surface area contributed by atoms with Crippen LogP contribution in [0.4, 0.5) is 0 Å². The molecule has 1 aromatic rings. The van der Waals surface area contributed by atoms with Gasteiger partial charge in [0.1, 0.15) is 12.1 Å². The van der Waals surface area contributed by atoms with Crippen LogP contribution < -0.4 is 10.2 Å². The molecule has 19 heavy (non-hydrogen) atoms. The lowest BCUT2D eigenvalue weighted by molar-refractivity contribution is -0.151. The molecule has 0 aromatic carbocycles. The van der Waals surface area contributed by atoms with E-state index in [1.54, 1.807) is 17.2 Å². The molecule has 2 amide bonds. The van der Waals surface area contributed by atoms with E-state index in [4.69, 9.17) is 0 Å². The summed E-state index contributed by atoms with van der Waals surface area (Å²) in [4.78, 5) is 39.4. The molecule has 0 bridgehead atoms. The number of rotatable bonds is 3. The molecule has 7 heteroatoms. The van der Waals surface area contributed by atoms with Crippen LogP contribution >= 0.6 is 11.3 Å². The number of amides is 2. The highest BCUT2D eigenvalue weighted by Gasteiger charge is 2.40. The van der Waals surface area contributed by atoms with E-state index in [2.05, 4.69) is 10.3 Å². The number of nitrogens with one attached hydrogen (secondary N) is 2. The summed E-state index contributed by atoms with van der Waals surface area (Å²) in [7, 11) is 0. The van der Waals surface area contributed by atoms with Gasteiger partial charge in [-0.25, -0.2) is 0 Å². The Labute approximate surface area is 114 Å². The highest BCUT2D eigenvalue weighted by molar-refractivity contribution is 7.07. The summed E-state index contributed by atoms with van der Waals surface area (Å²) in [6.07, 6.45) is 0. The van der Waals surface area contributed by atoms with E-state index >= 15 is 0 Å². The number of aromatic amines is 1. The van der Waals surface area contributed by atoms with Crippen molar-refractivity contribution >= 4 is 23.2 Å². The zero-order valence-electron chi connectivity index (χ0n) is 11.1. The van der Waals surface area contributed by atoms with Crippen molar-refractivity contribution in [1.82, 2.24) is 15.2 Å². The average Bonchev–Trinajstić information content (AvgIpc) is 2.71. The maximum absolute atomic E-state index is 12.2. The van der Waals surface area contributed by atoms with Crippen molar-refractivity contribution in [1.29, 1.82) is 0 Å². The summed E-state index contributed by atoms with van der Waals surface area (Å²) >= 11 is 1.06. The summed E-state index contributed by atoms with van der Waals surface area (Å²) in [6, 6.07) is -1.01. The Bertz CT molecular complexity index is 548. The van der Waals surface area contributed by atoms with Crippen molar-refractivity contribution < 1.29 is 9.59 Å². The quantitative estimate of drug-likeness (QED) is 0.837. The molecule has 0 saturated carbocycles.